The van der Waals surface area contributed by atoms with Crippen LogP contribution in [0.15, 0.2) is 0 Å². The molecule has 2 fully saturated rings. The van der Waals surface area contributed by atoms with E-state index in [0.29, 0.717) is 25.6 Å². The summed E-state index contributed by atoms with van der Waals surface area (Å²) in [7, 11) is 0. The highest BCUT2D eigenvalue weighted by atomic mass is 16.7. The molecule has 2 aliphatic heterocycles. The molecule has 0 saturated carbocycles. The summed E-state index contributed by atoms with van der Waals surface area (Å²) in [5.41, 5.74) is 0. The molecule has 16 heavy (non-hydrogen) atoms. The summed E-state index contributed by atoms with van der Waals surface area (Å²) in [5.74, 6) is -0.475. The molecular weight excluding hydrogens is 212 g/mol. The first-order valence-corrected chi connectivity index (χ1v) is 5.82. The highest BCUT2D eigenvalue weighted by Gasteiger charge is 2.33. The van der Waals surface area contributed by atoms with Gasteiger partial charge in [-0.05, 0) is 19.3 Å². The first kappa shape index (κ1) is 11.8. The molecule has 2 heterocycles. The Kier molecular flexibility index (Phi) is 4.15. The molecular formula is C11H18O5. The maximum Gasteiger partial charge on any atom is 0.303 e. The molecule has 0 aromatic carbocycles. The van der Waals surface area contributed by atoms with Crippen LogP contribution in [0.25, 0.3) is 0 Å². The Balaban J connectivity index is 1.72. The number of hydrogen-bond acceptors (Lipinski definition) is 4. The van der Waals surface area contributed by atoms with Crippen LogP contribution in [0.2, 0.25) is 0 Å². The predicted octanol–water partition coefficient (Wildman–Crippen LogP) is 1.02. The third-order valence-corrected chi connectivity index (χ3v) is 3.03. The van der Waals surface area contributed by atoms with Gasteiger partial charge in [-0.3, -0.25) is 4.79 Å². The molecule has 3 atom stereocenters. The highest BCUT2D eigenvalue weighted by Crippen LogP contribution is 2.27. The Morgan fingerprint density at radius 1 is 1.38 bits per heavy atom. The lowest BCUT2D eigenvalue weighted by Crippen LogP contribution is -2.30. The van der Waals surface area contributed by atoms with Crippen molar-refractivity contribution in [2.24, 2.45) is 5.92 Å². The van der Waals surface area contributed by atoms with E-state index in [1.165, 1.54) is 0 Å². The topological polar surface area (TPSA) is 65.0 Å². The lowest BCUT2D eigenvalue weighted by Gasteiger charge is -2.26. The minimum absolute atomic E-state index is 0.0666. The molecule has 2 aliphatic rings. The van der Waals surface area contributed by atoms with Gasteiger partial charge in [0.05, 0.1) is 19.3 Å². The van der Waals surface area contributed by atoms with Gasteiger partial charge in [0, 0.05) is 18.9 Å². The second-order valence-corrected chi connectivity index (χ2v) is 4.37. The van der Waals surface area contributed by atoms with Crippen LogP contribution in [0, 0.1) is 5.92 Å². The molecule has 2 rings (SSSR count). The first-order valence-electron chi connectivity index (χ1n) is 5.82. The van der Waals surface area contributed by atoms with E-state index in [1.54, 1.807) is 0 Å². The largest absolute Gasteiger partial charge is 0.481 e. The Bertz CT molecular complexity index is 237. The molecule has 92 valence electrons. The molecule has 0 aliphatic carbocycles. The van der Waals surface area contributed by atoms with Crippen LogP contribution >= 0.6 is 0 Å². The quantitative estimate of drug-likeness (QED) is 0.781. The Morgan fingerprint density at radius 3 is 2.94 bits per heavy atom. The average Bonchev–Trinajstić information content (AvgIpc) is 2.76. The summed E-state index contributed by atoms with van der Waals surface area (Å²) in [5, 5.41) is 8.57. The van der Waals surface area contributed by atoms with Crippen molar-refractivity contribution in [2.75, 3.05) is 19.8 Å². The zero-order valence-electron chi connectivity index (χ0n) is 9.26. The smallest absolute Gasteiger partial charge is 0.303 e. The molecule has 0 radical (unpaired) electrons. The minimum Gasteiger partial charge on any atom is -0.481 e. The fourth-order valence-electron chi connectivity index (χ4n) is 2.13. The fourth-order valence-corrected chi connectivity index (χ4v) is 2.13. The molecule has 0 amide bonds. The van der Waals surface area contributed by atoms with Gasteiger partial charge in [0.2, 0.25) is 0 Å². The second-order valence-electron chi connectivity index (χ2n) is 4.37. The zero-order chi connectivity index (χ0) is 11.4. The van der Waals surface area contributed by atoms with Crippen LogP contribution in [0.5, 0.6) is 0 Å². The van der Waals surface area contributed by atoms with Crippen molar-refractivity contribution in [3.8, 4) is 0 Å². The Hall–Kier alpha value is -0.650. The van der Waals surface area contributed by atoms with E-state index in [1.807, 2.05) is 0 Å². The van der Waals surface area contributed by atoms with Gasteiger partial charge < -0.3 is 19.3 Å². The first-order chi connectivity index (χ1) is 7.75. The molecule has 1 N–H and O–H groups in total. The fraction of sp³-hybridized carbons (Fsp3) is 0.909. The van der Waals surface area contributed by atoms with E-state index in [-0.39, 0.29) is 18.8 Å². The van der Waals surface area contributed by atoms with Gasteiger partial charge in [-0.2, -0.15) is 0 Å². The average molecular weight is 230 g/mol. The van der Waals surface area contributed by atoms with Crippen LogP contribution < -0.4 is 0 Å². The summed E-state index contributed by atoms with van der Waals surface area (Å²) in [6.45, 7) is 2.02. The van der Waals surface area contributed by atoms with E-state index < -0.39 is 5.97 Å². The molecule has 5 nitrogen and oxygen atoms in total. The van der Waals surface area contributed by atoms with Crippen molar-refractivity contribution >= 4 is 5.97 Å². The lowest BCUT2D eigenvalue weighted by molar-refractivity contribution is -0.140. The van der Waals surface area contributed by atoms with Gasteiger partial charge in [0.1, 0.15) is 0 Å². The number of hydrogen-bond donors (Lipinski definition) is 1. The van der Waals surface area contributed by atoms with Gasteiger partial charge in [-0.1, -0.05) is 0 Å². The van der Waals surface area contributed by atoms with Crippen molar-refractivity contribution in [1.82, 2.24) is 0 Å². The van der Waals surface area contributed by atoms with E-state index >= 15 is 0 Å². The lowest BCUT2D eigenvalue weighted by atomic mass is 10.0. The van der Waals surface area contributed by atoms with Crippen LogP contribution in [0.3, 0.4) is 0 Å². The van der Waals surface area contributed by atoms with Gasteiger partial charge in [-0.25, -0.2) is 0 Å². The summed E-state index contributed by atoms with van der Waals surface area (Å²) in [4.78, 5) is 10.4. The summed E-state index contributed by atoms with van der Waals surface area (Å²) < 4.78 is 16.6. The van der Waals surface area contributed by atoms with Crippen LogP contribution in [0.4, 0.5) is 0 Å². The molecule has 0 aromatic heterocycles. The van der Waals surface area contributed by atoms with Crippen LogP contribution in [-0.2, 0) is 19.0 Å². The van der Waals surface area contributed by atoms with E-state index in [9.17, 15) is 4.79 Å². The molecule has 0 spiro atoms. The number of aliphatic carboxylic acids is 1. The standard InChI is InChI=1S/C11H18O5/c12-10(13)4-3-9-7-15-11(16-9)8-2-1-5-14-6-8/h8-9,11H,1-7H2,(H,12,13). The van der Waals surface area contributed by atoms with E-state index in [0.717, 1.165) is 19.4 Å². The SMILES string of the molecule is O=C(O)CCC1COC(C2CCCOC2)O1. The number of carboxylic acids is 1. The van der Waals surface area contributed by atoms with Gasteiger partial charge in [-0.15, -0.1) is 0 Å². The molecule has 0 bridgehead atoms. The summed E-state index contributed by atoms with van der Waals surface area (Å²) >= 11 is 0. The van der Waals surface area contributed by atoms with Crippen molar-refractivity contribution in [3.63, 3.8) is 0 Å². The normalized spacial score (nSPS) is 35.1. The van der Waals surface area contributed by atoms with Crippen molar-refractivity contribution < 1.29 is 24.1 Å². The number of ether oxygens (including phenoxy) is 3. The van der Waals surface area contributed by atoms with Crippen molar-refractivity contribution in [2.45, 2.75) is 38.1 Å². The van der Waals surface area contributed by atoms with Crippen molar-refractivity contribution in [1.29, 1.82) is 0 Å². The monoisotopic (exact) mass is 230 g/mol. The molecule has 5 heteroatoms. The van der Waals surface area contributed by atoms with Gasteiger partial charge in [0.25, 0.3) is 0 Å². The number of carboxylic acid groups (broad SMARTS) is 1. The van der Waals surface area contributed by atoms with E-state index in [4.69, 9.17) is 19.3 Å². The van der Waals surface area contributed by atoms with Crippen LogP contribution in [-0.4, -0.2) is 43.3 Å². The summed E-state index contributed by atoms with van der Waals surface area (Å²) in [6, 6.07) is 0. The maximum atomic E-state index is 10.4. The molecule has 2 saturated heterocycles. The minimum atomic E-state index is -0.784. The number of carbonyl (C=O) groups is 1. The van der Waals surface area contributed by atoms with Gasteiger partial charge >= 0.3 is 5.97 Å². The zero-order valence-corrected chi connectivity index (χ0v) is 9.26. The third kappa shape index (κ3) is 3.17. The van der Waals surface area contributed by atoms with E-state index in [2.05, 4.69) is 0 Å². The number of rotatable bonds is 4. The maximum absolute atomic E-state index is 10.4. The Labute approximate surface area is 94.7 Å². The molecule has 3 unspecified atom stereocenters. The van der Waals surface area contributed by atoms with Gasteiger partial charge in [0.15, 0.2) is 6.29 Å². The van der Waals surface area contributed by atoms with Crippen LogP contribution in [0.1, 0.15) is 25.7 Å². The highest BCUT2D eigenvalue weighted by molar-refractivity contribution is 5.66. The Morgan fingerprint density at radius 2 is 2.25 bits per heavy atom. The molecule has 0 aromatic rings. The van der Waals surface area contributed by atoms with Crippen molar-refractivity contribution in [3.05, 3.63) is 0 Å². The second kappa shape index (κ2) is 5.61. The summed E-state index contributed by atoms with van der Waals surface area (Å²) in [6.07, 6.45) is 2.52. The third-order valence-electron chi connectivity index (χ3n) is 3.03. The predicted molar refractivity (Wildman–Crippen MR) is 55.0 cm³/mol.